The largest absolute Gasteiger partial charge is 0.398 e. The lowest BCUT2D eigenvalue weighted by atomic mass is 10.1. The van der Waals surface area contributed by atoms with E-state index in [0.29, 0.717) is 0 Å². The minimum Gasteiger partial charge on any atom is -0.398 e. The number of pyridine rings is 1. The van der Waals surface area contributed by atoms with Crippen molar-refractivity contribution in [2.45, 2.75) is 18.9 Å². The van der Waals surface area contributed by atoms with Crippen LogP contribution in [0.4, 0.5) is 5.69 Å². The zero-order valence-corrected chi connectivity index (χ0v) is 8.75. The number of hydrogen-bond acceptors (Lipinski definition) is 3. The second kappa shape index (κ2) is 3.64. The molecule has 1 saturated heterocycles. The van der Waals surface area contributed by atoms with Gasteiger partial charge in [-0.15, -0.1) is 0 Å². The van der Waals surface area contributed by atoms with Crippen molar-refractivity contribution in [3.8, 4) is 0 Å². The number of hydrogen-bond donors (Lipinski definition) is 1. The van der Waals surface area contributed by atoms with E-state index in [1.54, 1.807) is 6.20 Å². The van der Waals surface area contributed by atoms with Crippen molar-refractivity contribution in [3.63, 3.8) is 0 Å². The third-order valence-corrected chi connectivity index (χ3v) is 2.83. The highest BCUT2D eigenvalue weighted by molar-refractivity contribution is 9.10. The Morgan fingerprint density at radius 1 is 1.62 bits per heavy atom. The van der Waals surface area contributed by atoms with Crippen LogP contribution in [0, 0.1) is 0 Å². The van der Waals surface area contributed by atoms with Crippen molar-refractivity contribution in [2.24, 2.45) is 0 Å². The monoisotopic (exact) mass is 242 g/mol. The summed E-state index contributed by atoms with van der Waals surface area (Å²) < 4.78 is 6.34. The first-order chi connectivity index (χ1) is 6.27. The third-order valence-electron chi connectivity index (χ3n) is 2.17. The molecule has 2 N–H and O–H groups in total. The number of halogens is 1. The van der Waals surface area contributed by atoms with Crippen molar-refractivity contribution in [1.82, 2.24) is 4.98 Å². The Bertz CT molecular complexity index is 310. The predicted molar refractivity (Wildman–Crippen MR) is 54.3 cm³/mol. The highest BCUT2D eigenvalue weighted by atomic mass is 79.9. The van der Waals surface area contributed by atoms with Gasteiger partial charge in [-0.25, -0.2) is 0 Å². The Morgan fingerprint density at radius 3 is 3.08 bits per heavy atom. The summed E-state index contributed by atoms with van der Waals surface area (Å²) in [6.07, 6.45) is 4.04. The molecule has 70 valence electrons. The number of nitrogen functional groups attached to an aromatic ring is 1. The number of aromatic nitrogens is 1. The van der Waals surface area contributed by atoms with E-state index in [1.165, 1.54) is 0 Å². The number of nitrogens with zero attached hydrogens (tertiary/aromatic N) is 1. The van der Waals surface area contributed by atoms with E-state index in [9.17, 15) is 0 Å². The van der Waals surface area contributed by atoms with Crippen LogP contribution in [0.1, 0.15) is 24.6 Å². The smallest absolute Gasteiger partial charge is 0.0996 e. The molecule has 1 aliphatic rings. The summed E-state index contributed by atoms with van der Waals surface area (Å²) in [6.45, 7) is 0.836. The fourth-order valence-corrected chi connectivity index (χ4v) is 1.68. The summed E-state index contributed by atoms with van der Waals surface area (Å²) in [5, 5.41) is 0. The summed E-state index contributed by atoms with van der Waals surface area (Å²) in [6, 6.07) is 1.88. The van der Waals surface area contributed by atoms with Crippen LogP contribution in [0.15, 0.2) is 16.7 Å². The fraction of sp³-hybridized carbons (Fsp3) is 0.444. The third kappa shape index (κ3) is 1.84. The van der Waals surface area contributed by atoms with Crippen LogP contribution in [0.5, 0.6) is 0 Å². The number of anilines is 1. The van der Waals surface area contributed by atoms with E-state index < -0.39 is 0 Å². The molecule has 0 radical (unpaired) electrons. The molecule has 0 aliphatic carbocycles. The summed E-state index contributed by atoms with van der Waals surface area (Å²) in [5.74, 6) is 0. The second-order valence-electron chi connectivity index (χ2n) is 3.13. The molecular weight excluding hydrogens is 232 g/mol. The van der Waals surface area contributed by atoms with Gasteiger partial charge in [0.05, 0.1) is 16.3 Å². The van der Waals surface area contributed by atoms with Gasteiger partial charge in [0.2, 0.25) is 0 Å². The minimum atomic E-state index is 0.149. The molecule has 13 heavy (non-hydrogen) atoms. The molecule has 2 heterocycles. The molecule has 4 heteroatoms. The van der Waals surface area contributed by atoms with Crippen molar-refractivity contribution in [1.29, 1.82) is 0 Å². The maximum atomic E-state index is 5.75. The van der Waals surface area contributed by atoms with Crippen molar-refractivity contribution in [2.75, 3.05) is 12.3 Å². The maximum Gasteiger partial charge on any atom is 0.0996 e. The van der Waals surface area contributed by atoms with Crippen molar-refractivity contribution in [3.05, 3.63) is 22.4 Å². The normalized spacial score (nSPS) is 22.1. The van der Waals surface area contributed by atoms with Crippen molar-refractivity contribution < 1.29 is 4.74 Å². The van der Waals surface area contributed by atoms with Crippen molar-refractivity contribution >= 4 is 21.6 Å². The van der Waals surface area contributed by atoms with E-state index in [-0.39, 0.29) is 6.10 Å². The lowest BCUT2D eigenvalue weighted by molar-refractivity contribution is 0.108. The van der Waals surface area contributed by atoms with Gasteiger partial charge in [0, 0.05) is 18.5 Å². The van der Waals surface area contributed by atoms with E-state index in [4.69, 9.17) is 10.5 Å². The topological polar surface area (TPSA) is 48.1 Å². The zero-order valence-electron chi connectivity index (χ0n) is 7.16. The molecule has 0 amide bonds. The lowest BCUT2D eigenvalue weighted by Crippen LogP contribution is -2.00. The fourth-order valence-electron chi connectivity index (χ4n) is 1.46. The van der Waals surface area contributed by atoms with Gasteiger partial charge in [-0.3, -0.25) is 4.98 Å². The summed E-state index contributed by atoms with van der Waals surface area (Å²) in [4.78, 5) is 4.27. The maximum absolute atomic E-state index is 5.75. The molecular formula is C9H11BrN2O. The average Bonchev–Trinajstić information content (AvgIpc) is 2.62. The Hall–Kier alpha value is -0.610. The molecule has 0 aromatic carbocycles. The molecule has 1 atom stereocenters. The molecule has 0 bridgehead atoms. The number of nitrogens with two attached hydrogens (primary N) is 1. The van der Waals surface area contributed by atoms with Gasteiger partial charge in [0.1, 0.15) is 0 Å². The quantitative estimate of drug-likeness (QED) is 0.823. The van der Waals surface area contributed by atoms with E-state index in [0.717, 1.165) is 35.3 Å². The van der Waals surface area contributed by atoms with E-state index >= 15 is 0 Å². The van der Waals surface area contributed by atoms with Crippen LogP contribution in [0.3, 0.4) is 0 Å². The van der Waals surface area contributed by atoms with Gasteiger partial charge in [-0.1, -0.05) is 0 Å². The van der Waals surface area contributed by atoms with Gasteiger partial charge >= 0.3 is 0 Å². The SMILES string of the molecule is Nc1cc(C2CCCO2)ncc1Br. The molecule has 1 fully saturated rings. The van der Waals surface area contributed by atoms with Crippen LogP contribution in [-0.2, 0) is 4.74 Å². The highest BCUT2D eigenvalue weighted by Gasteiger charge is 2.19. The predicted octanol–water partition coefficient (Wildman–Crippen LogP) is 2.28. The first kappa shape index (κ1) is 8.97. The second-order valence-corrected chi connectivity index (χ2v) is 3.99. The molecule has 0 saturated carbocycles. The van der Waals surface area contributed by atoms with E-state index in [2.05, 4.69) is 20.9 Å². The lowest BCUT2D eigenvalue weighted by Gasteiger charge is -2.09. The van der Waals surface area contributed by atoms with Crippen LogP contribution in [0.2, 0.25) is 0 Å². The number of ether oxygens (including phenoxy) is 1. The molecule has 1 unspecified atom stereocenters. The van der Waals surface area contributed by atoms with Gasteiger partial charge in [-0.2, -0.15) is 0 Å². The standard InChI is InChI=1S/C9H11BrN2O/c10-6-5-12-8(4-7(6)11)9-2-1-3-13-9/h4-5,9H,1-3H2,(H2,11,12). The average molecular weight is 243 g/mol. The zero-order chi connectivity index (χ0) is 9.26. The van der Waals surface area contributed by atoms with Crippen LogP contribution in [-0.4, -0.2) is 11.6 Å². The molecule has 3 nitrogen and oxygen atoms in total. The minimum absolute atomic E-state index is 0.149. The summed E-state index contributed by atoms with van der Waals surface area (Å²) in [7, 11) is 0. The Labute approximate surface area is 85.4 Å². The van der Waals surface area contributed by atoms with Gasteiger partial charge < -0.3 is 10.5 Å². The molecule has 0 spiro atoms. The van der Waals surface area contributed by atoms with Gasteiger partial charge in [0.15, 0.2) is 0 Å². The molecule has 1 aliphatic heterocycles. The first-order valence-corrected chi connectivity index (χ1v) is 5.09. The summed E-state index contributed by atoms with van der Waals surface area (Å²) >= 11 is 3.31. The summed E-state index contributed by atoms with van der Waals surface area (Å²) in [5.41, 5.74) is 7.41. The molecule has 1 aromatic rings. The first-order valence-electron chi connectivity index (χ1n) is 4.30. The molecule has 2 rings (SSSR count). The van der Waals surface area contributed by atoms with E-state index in [1.807, 2.05) is 6.07 Å². The molecule has 1 aromatic heterocycles. The Balaban J connectivity index is 2.25. The van der Waals surface area contributed by atoms with Gasteiger partial charge in [-0.05, 0) is 34.8 Å². The number of rotatable bonds is 1. The van der Waals surface area contributed by atoms with Crippen LogP contribution in [0.25, 0.3) is 0 Å². The Kier molecular flexibility index (Phi) is 2.51. The Morgan fingerprint density at radius 2 is 2.46 bits per heavy atom. The van der Waals surface area contributed by atoms with Crippen LogP contribution >= 0.6 is 15.9 Å². The van der Waals surface area contributed by atoms with Crippen LogP contribution < -0.4 is 5.73 Å². The van der Waals surface area contributed by atoms with Gasteiger partial charge in [0.25, 0.3) is 0 Å². The highest BCUT2D eigenvalue weighted by Crippen LogP contribution is 2.29.